The molecule has 4 rings (SSSR count). The van der Waals surface area contributed by atoms with Crippen LogP contribution < -0.4 is 10.9 Å². The summed E-state index contributed by atoms with van der Waals surface area (Å²) in [6.45, 7) is 0. The first-order chi connectivity index (χ1) is 11.6. The van der Waals surface area contributed by atoms with Gasteiger partial charge in [0.05, 0.1) is 10.9 Å². The number of rotatable bonds is 2. The molecule has 2 heterocycles. The van der Waals surface area contributed by atoms with Crippen LogP contribution in [-0.2, 0) is 0 Å². The summed E-state index contributed by atoms with van der Waals surface area (Å²) in [6, 6.07) is 13.8. The molecule has 8 heteroatoms. The lowest BCUT2D eigenvalue weighted by atomic mass is 10.2. The summed E-state index contributed by atoms with van der Waals surface area (Å²) in [5.41, 5.74) is 0.887. The van der Waals surface area contributed by atoms with Gasteiger partial charge in [-0.3, -0.25) is 9.59 Å². The molecule has 0 unspecified atom stereocenters. The first kappa shape index (κ1) is 14.4. The molecule has 0 saturated carbocycles. The van der Waals surface area contributed by atoms with Gasteiger partial charge in [-0.2, -0.15) is 4.98 Å². The minimum absolute atomic E-state index is 0.0350. The number of nitrogens with zero attached hydrogens (tertiary/aromatic N) is 3. The molecule has 2 aromatic carbocycles. The highest BCUT2D eigenvalue weighted by Gasteiger charge is 2.18. The number of benzene rings is 2. The molecule has 118 valence electrons. The van der Waals surface area contributed by atoms with Gasteiger partial charge in [-0.25, -0.2) is 9.73 Å². The maximum absolute atomic E-state index is 12.4. The maximum Gasteiger partial charge on any atom is 0.281 e. The van der Waals surface area contributed by atoms with Gasteiger partial charge in [-0.1, -0.05) is 29.8 Å². The minimum Gasteiger partial charge on any atom is -0.320 e. The van der Waals surface area contributed by atoms with Gasteiger partial charge in [0.15, 0.2) is 11.3 Å². The van der Waals surface area contributed by atoms with E-state index in [0.717, 1.165) is 0 Å². The number of amides is 1. The Morgan fingerprint density at radius 3 is 2.75 bits per heavy atom. The fraction of sp³-hybridized carbons (Fsp3) is 0. The van der Waals surface area contributed by atoms with E-state index in [1.807, 2.05) is 6.07 Å². The third kappa shape index (κ3) is 2.31. The van der Waals surface area contributed by atoms with Crippen LogP contribution in [0.15, 0.2) is 53.3 Å². The molecule has 0 aliphatic heterocycles. The van der Waals surface area contributed by atoms with Gasteiger partial charge in [0.1, 0.15) is 0 Å². The molecule has 7 nitrogen and oxygen atoms in total. The summed E-state index contributed by atoms with van der Waals surface area (Å²) in [5, 5.41) is 10.2. The van der Waals surface area contributed by atoms with Crippen LogP contribution in [0.5, 0.6) is 0 Å². The summed E-state index contributed by atoms with van der Waals surface area (Å²) in [4.78, 5) is 28.6. The van der Waals surface area contributed by atoms with Crippen molar-refractivity contribution in [2.75, 3.05) is 5.32 Å². The van der Waals surface area contributed by atoms with Gasteiger partial charge < -0.3 is 5.32 Å². The number of carbonyl (C=O) groups is 1. The summed E-state index contributed by atoms with van der Waals surface area (Å²) >= 11 is 5.92. The topological polar surface area (TPSA) is 92.2 Å². The summed E-state index contributed by atoms with van der Waals surface area (Å²) in [6.07, 6.45) is 0. The Hall–Kier alpha value is -3.19. The highest BCUT2D eigenvalue weighted by molar-refractivity contribution is 6.31. The van der Waals surface area contributed by atoms with Gasteiger partial charge in [-0.15, -0.1) is 5.10 Å². The van der Waals surface area contributed by atoms with E-state index in [1.54, 1.807) is 36.4 Å². The quantitative estimate of drug-likeness (QED) is 0.587. The number of halogens is 1. The Bertz CT molecular complexity index is 1130. The first-order valence-corrected chi connectivity index (χ1v) is 7.44. The fourth-order valence-corrected chi connectivity index (χ4v) is 2.64. The first-order valence-electron chi connectivity index (χ1n) is 7.06. The van der Waals surface area contributed by atoms with Gasteiger partial charge in [0.25, 0.3) is 11.5 Å². The third-order valence-electron chi connectivity index (χ3n) is 3.57. The van der Waals surface area contributed by atoms with Crippen molar-refractivity contribution >= 4 is 39.7 Å². The van der Waals surface area contributed by atoms with Crippen molar-refractivity contribution in [3.8, 4) is 0 Å². The molecule has 2 aromatic heterocycles. The Labute approximate surface area is 139 Å². The zero-order valence-corrected chi connectivity index (χ0v) is 12.9. The molecule has 0 atom stereocenters. The lowest BCUT2D eigenvalue weighted by Crippen LogP contribution is -2.15. The van der Waals surface area contributed by atoms with Crippen molar-refractivity contribution in [3.63, 3.8) is 0 Å². The van der Waals surface area contributed by atoms with E-state index in [9.17, 15) is 9.59 Å². The van der Waals surface area contributed by atoms with Crippen molar-refractivity contribution < 1.29 is 4.79 Å². The predicted octanol–water partition coefficient (Wildman–Crippen LogP) is 2.48. The van der Waals surface area contributed by atoms with Gasteiger partial charge in [0.2, 0.25) is 0 Å². The van der Waals surface area contributed by atoms with E-state index in [4.69, 9.17) is 11.6 Å². The number of carbonyl (C=O) groups excluding carboxylic acids is 1. The fourth-order valence-electron chi connectivity index (χ4n) is 2.47. The largest absolute Gasteiger partial charge is 0.320 e. The van der Waals surface area contributed by atoms with E-state index in [1.165, 1.54) is 10.6 Å². The van der Waals surface area contributed by atoms with Crippen LogP contribution in [-0.4, -0.2) is 25.7 Å². The molecule has 0 aliphatic carbocycles. The molecule has 2 N–H and O–H groups in total. The van der Waals surface area contributed by atoms with Gasteiger partial charge >= 0.3 is 0 Å². The number of para-hydroxylation sites is 1. The molecule has 0 saturated heterocycles. The standard InChI is InChI=1S/C16H10ClN5O2/c17-9-6-7-12-11(8-9)15(23)19-14-13(20-21-22(12)14)16(24)18-10-4-2-1-3-5-10/h1-8,21H,(H,18,24). The zero-order valence-electron chi connectivity index (χ0n) is 12.2. The van der Waals surface area contributed by atoms with Crippen LogP contribution in [0.25, 0.3) is 16.6 Å². The molecule has 1 amide bonds. The second-order valence-corrected chi connectivity index (χ2v) is 5.55. The number of anilines is 1. The smallest absolute Gasteiger partial charge is 0.281 e. The Balaban J connectivity index is 1.86. The molecule has 0 radical (unpaired) electrons. The number of aromatic amines is 1. The number of hydrogen-bond donors (Lipinski definition) is 2. The molecule has 0 bridgehead atoms. The van der Waals surface area contributed by atoms with Crippen molar-refractivity contribution in [3.05, 3.63) is 69.6 Å². The van der Waals surface area contributed by atoms with Crippen molar-refractivity contribution in [1.29, 1.82) is 0 Å². The number of H-pyrrole nitrogens is 1. The lowest BCUT2D eigenvalue weighted by molar-refractivity contribution is 0.102. The van der Waals surface area contributed by atoms with E-state index < -0.39 is 11.5 Å². The molecule has 0 aliphatic rings. The van der Waals surface area contributed by atoms with Crippen molar-refractivity contribution in [1.82, 2.24) is 19.8 Å². The van der Waals surface area contributed by atoms with E-state index in [2.05, 4.69) is 20.6 Å². The third-order valence-corrected chi connectivity index (χ3v) is 3.80. The van der Waals surface area contributed by atoms with Crippen LogP contribution in [0.4, 0.5) is 5.69 Å². The zero-order chi connectivity index (χ0) is 16.7. The van der Waals surface area contributed by atoms with Crippen molar-refractivity contribution in [2.24, 2.45) is 0 Å². The number of fused-ring (bicyclic) bond motifs is 3. The second-order valence-electron chi connectivity index (χ2n) is 5.12. The Morgan fingerprint density at radius 2 is 1.96 bits per heavy atom. The highest BCUT2D eigenvalue weighted by Crippen LogP contribution is 2.18. The van der Waals surface area contributed by atoms with E-state index in [0.29, 0.717) is 21.6 Å². The number of nitrogens with one attached hydrogen (secondary N) is 2. The molecule has 0 fully saturated rings. The number of hydrogen-bond acceptors (Lipinski definition) is 4. The van der Waals surface area contributed by atoms with Crippen LogP contribution in [0, 0.1) is 0 Å². The monoisotopic (exact) mass is 339 g/mol. The highest BCUT2D eigenvalue weighted by atomic mass is 35.5. The van der Waals surface area contributed by atoms with E-state index >= 15 is 0 Å². The summed E-state index contributed by atoms with van der Waals surface area (Å²) in [7, 11) is 0. The normalized spacial score (nSPS) is 11.0. The Kier molecular flexibility index (Phi) is 3.28. The van der Waals surface area contributed by atoms with Gasteiger partial charge in [0, 0.05) is 10.7 Å². The molecule has 0 spiro atoms. The summed E-state index contributed by atoms with van der Waals surface area (Å²) in [5.74, 6) is -0.458. The van der Waals surface area contributed by atoms with Crippen molar-refractivity contribution in [2.45, 2.75) is 0 Å². The van der Waals surface area contributed by atoms with Crippen LogP contribution in [0.3, 0.4) is 0 Å². The van der Waals surface area contributed by atoms with E-state index in [-0.39, 0.29) is 11.3 Å². The van der Waals surface area contributed by atoms with Crippen LogP contribution in [0.1, 0.15) is 10.5 Å². The molecule has 24 heavy (non-hydrogen) atoms. The molecular formula is C16H10ClN5O2. The number of aromatic nitrogens is 4. The molecular weight excluding hydrogens is 330 g/mol. The average Bonchev–Trinajstić information content (AvgIpc) is 3.00. The van der Waals surface area contributed by atoms with Gasteiger partial charge in [-0.05, 0) is 30.3 Å². The van der Waals surface area contributed by atoms with Crippen LogP contribution in [0.2, 0.25) is 5.02 Å². The lowest BCUT2D eigenvalue weighted by Gasteiger charge is -2.03. The average molecular weight is 340 g/mol. The maximum atomic E-state index is 12.4. The SMILES string of the molecule is O=C(Nc1ccccc1)c1n[nH]n2c1nc(=O)c1cc(Cl)ccc12. The Morgan fingerprint density at radius 1 is 1.17 bits per heavy atom. The van der Waals surface area contributed by atoms with Crippen LogP contribution >= 0.6 is 11.6 Å². The minimum atomic E-state index is -0.470. The predicted molar refractivity (Wildman–Crippen MR) is 90.5 cm³/mol. The molecule has 4 aromatic rings. The summed E-state index contributed by atoms with van der Waals surface area (Å²) < 4.78 is 1.48. The second kappa shape index (κ2) is 5.47.